The van der Waals surface area contributed by atoms with E-state index >= 15 is 0 Å². The maximum Gasteiger partial charge on any atom is 0.0814 e. The van der Waals surface area contributed by atoms with Crippen molar-refractivity contribution >= 4 is 8.80 Å². The lowest BCUT2D eigenvalue weighted by molar-refractivity contribution is 0.624. The summed E-state index contributed by atoms with van der Waals surface area (Å²) in [6.07, 6.45) is 10.5. The van der Waals surface area contributed by atoms with Crippen LogP contribution in [0.3, 0.4) is 0 Å². The van der Waals surface area contributed by atoms with Crippen LogP contribution in [0.2, 0.25) is 13.1 Å². The van der Waals surface area contributed by atoms with Gasteiger partial charge < -0.3 is 5.32 Å². The smallest absolute Gasteiger partial charge is 0.0814 e. The maximum absolute atomic E-state index is 3.65. The number of hydrogen-bond donors (Lipinski definition) is 1. The minimum atomic E-state index is -0.404. The minimum Gasteiger partial charge on any atom is -0.381 e. The summed E-state index contributed by atoms with van der Waals surface area (Å²) in [6.45, 7) is 7.04. The molecule has 0 spiro atoms. The Labute approximate surface area is 130 Å². The van der Waals surface area contributed by atoms with Gasteiger partial charge in [-0.1, -0.05) is 56.3 Å². The van der Waals surface area contributed by atoms with Crippen molar-refractivity contribution in [2.24, 2.45) is 5.92 Å². The van der Waals surface area contributed by atoms with Crippen LogP contribution in [0, 0.1) is 12.8 Å². The van der Waals surface area contributed by atoms with Crippen molar-refractivity contribution in [3.8, 4) is 0 Å². The number of aryl methyl sites for hydroxylation is 1. The zero-order valence-corrected chi connectivity index (χ0v) is 14.4. The molecule has 0 aromatic heterocycles. The highest BCUT2D eigenvalue weighted by atomic mass is 28.3. The van der Waals surface area contributed by atoms with Crippen LogP contribution >= 0.6 is 0 Å². The van der Waals surface area contributed by atoms with E-state index < -0.39 is 8.80 Å². The Hall–Kier alpha value is -1.28. The normalized spacial score (nSPS) is 23.0. The van der Waals surface area contributed by atoms with Crippen molar-refractivity contribution in [3.63, 3.8) is 0 Å². The number of benzene rings is 1. The summed E-state index contributed by atoms with van der Waals surface area (Å²) in [5.41, 5.74) is 4.47. The third kappa shape index (κ3) is 3.01. The van der Waals surface area contributed by atoms with E-state index in [2.05, 4.69) is 61.9 Å². The van der Waals surface area contributed by atoms with Crippen molar-refractivity contribution in [2.45, 2.75) is 51.7 Å². The summed E-state index contributed by atoms with van der Waals surface area (Å²) in [6, 6.07) is 9.11. The molecule has 1 aromatic carbocycles. The van der Waals surface area contributed by atoms with E-state index in [1.807, 2.05) is 0 Å². The van der Waals surface area contributed by atoms with E-state index in [9.17, 15) is 0 Å². The first kappa shape index (κ1) is 14.6. The highest BCUT2D eigenvalue weighted by Gasteiger charge is 2.27. The van der Waals surface area contributed by atoms with Gasteiger partial charge in [-0.2, -0.15) is 0 Å². The average Bonchev–Trinajstić information content (AvgIpc) is 3.01. The second-order valence-corrected chi connectivity index (χ2v) is 9.20. The van der Waals surface area contributed by atoms with E-state index in [1.54, 1.807) is 10.8 Å². The molecule has 1 N–H and O–H groups in total. The lowest BCUT2D eigenvalue weighted by atomic mass is 9.90. The van der Waals surface area contributed by atoms with Crippen LogP contribution in [0.25, 0.3) is 0 Å². The molecular weight excluding hydrogens is 270 g/mol. The lowest BCUT2D eigenvalue weighted by Crippen LogP contribution is -2.26. The van der Waals surface area contributed by atoms with Crippen LogP contribution in [0.15, 0.2) is 47.3 Å². The summed E-state index contributed by atoms with van der Waals surface area (Å²) in [7, 11) is -0.404. The zero-order chi connectivity index (χ0) is 14.8. The second kappa shape index (κ2) is 6.23. The van der Waals surface area contributed by atoms with E-state index in [0.29, 0.717) is 6.04 Å². The molecule has 0 amide bonds. The van der Waals surface area contributed by atoms with Crippen molar-refractivity contribution in [3.05, 3.63) is 58.4 Å². The highest BCUT2D eigenvalue weighted by molar-refractivity contribution is 6.65. The van der Waals surface area contributed by atoms with E-state index in [4.69, 9.17) is 0 Å². The van der Waals surface area contributed by atoms with Gasteiger partial charge in [0, 0.05) is 0 Å². The summed E-state index contributed by atoms with van der Waals surface area (Å²) >= 11 is 0. The maximum atomic E-state index is 3.65. The van der Waals surface area contributed by atoms with E-state index in [-0.39, 0.29) is 0 Å². The summed E-state index contributed by atoms with van der Waals surface area (Å²) in [4.78, 5) is 0. The Morgan fingerprint density at radius 3 is 2.48 bits per heavy atom. The molecule has 1 radical (unpaired) electrons. The van der Waals surface area contributed by atoms with Gasteiger partial charge in [0.2, 0.25) is 0 Å². The molecule has 3 rings (SSSR count). The van der Waals surface area contributed by atoms with Gasteiger partial charge in [0.1, 0.15) is 0 Å². The Morgan fingerprint density at radius 1 is 1.10 bits per heavy atom. The van der Waals surface area contributed by atoms with Crippen molar-refractivity contribution in [2.75, 3.05) is 0 Å². The predicted octanol–water partition coefficient (Wildman–Crippen LogP) is 4.93. The van der Waals surface area contributed by atoms with E-state index in [0.717, 1.165) is 5.92 Å². The fourth-order valence-corrected chi connectivity index (χ4v) is 4.95. The van der Waals surface area contributed by atoms with Gasteiger partial charge >= 0.3 is 0 Å². The molecule has 21 heavy (non-hydrogen) atoms. The van der Waals surface area contributed by atoms with Crippen molar-refractivity contribution in [1.29, 1.82) is 0 Å². The van der Waals surface area contributed by atoms with Crippen LogP contribution in [-0.4, -0.2) is 8.80 Å². The standard InChI is InChI=1S/C19H26NSi/c1-14-8-4-7-11-16(14)18-12-17(15-9-5-6-10-15)19(13-20-18)21(2)3/h4,7-8,11-13,15,18,20H,5-6,9-10H2,1-3H3. The van der Waals surface area contributed by atoms with Gasteiger partial charge in [-0.15, -0.1) is 0 Å². The van der Waals surface area contributed by atoms with Gasteiger partial charge in [-0.05, 0) is 53.8 Å². The molecular formula is C19H26NSi. The quantitative estimate of drug-likeness (QED) is 0.780. The number of allylic oxidation sites excluding steroid dienone is 2. The molecule has 1 aliphatic carbocycles. The molecule has 2 aliphatic rings. The molecule has 0 saturated heterocycles. The first-order valence-electron chi connectivity index (χ1n) is 8.21. The first-order chi connectivity index (χ1) is 10.2. The largest absolute Gasteiger partial charge is 0.381 e. The molecule has 1 nitrogen and oxygen atoms in total. The SMILES string of the molecule is Cc1ccccc1C1C=C(C2CCCC2)C([Si](C)C)=CN1. The lowest BCUT2D eigenvalue weighted by Gasteiger charge is -2.29. The fourth-order valence-electron chi connectivity index (χ4n) is 3.72. The molecule has 1 aliphatic heterocycles. The molecule has 1 unspecified atom stereocenters. The average molecular weight is 297 g/mol. The van der Waals surface area contributed by atoms with Gasteiger partial charge in [0.05, 0.1) is 14.8 Å². The zero-order valence-electron chi connectivity index (χ0n) is 13.4. The van der Waals surface area contributed by atoms with Crippen LogP contribution in [0.5, 0.6) is 0 Å². The Kier molecular flexibility index (Phi) is 4.34. The molecule has 1 heterocycles. The molecule has 1 aromatic rings. The Balaban J connectivity index is 1.94. The number of nitrogens with one attached hydrogen (secondary N) is 1. The molecule has 1 atom stereocenters. The summed E-state index contributed by atoms with van der Waals surface area (Å²) in [5.74, 6) is 0.810. The Bertz CT molecular complexity index is 565. The van der Waals surface area contributed by atoms with Crippen LogP contribution in [0.4, 0.5) is 0 Å². The number of rotatable bonds is 3. The molecule has 0 bridgehead atoms. The van der Waals surface area contributed by atoms with Crippen molar-refractivity contribution in [1.82, 2.24) is 5.32 Å². The minimum absolute atomic E-state index is 0.354. The van der Waals surface area contributed by atoms with Crippen LogP contribution in [-0.2, 0) is 0 Å². The third-order valence-corrected chi connectivity index (χ3v) is 6.43. The number of hydrogen-bond acceptors (Lipinski definition) is 1. The highest BCUT2D eigenvalue weighted by Crippen LogP contribution is 2.38. The predicted molar refractivity (Wildman–Crippen MR) is 92.7 cm³/mol. The summed E-state index contributed by atoms with van der Waals surface area (Å²) in [5, 5.41) is 5.27. The summed E-state index contributed by atoms with van der Waals surface area (Å²) < 4.78 is 0. The van der Waals surface area contributed by atoms with Gasteiger partial charge in [-0.3, -0.25) is 0 Å². The van der Waals surface area contributed by atoms with Crippen LogP contribution in [0.1, 0.15) is 42.9 Å². The van der Waals surface area contributed by atoms with Gasteiger partial charge in [-0.25, -0.2) is 0 Å². The van der Waals surface area contributed by atoms with Crippen molar-refractivity contribution < 1.29 is 0 Å². The van der Waals surface area contributed by atoms with Gasteiger partial charge in [0.15, 0.2) is 0 Å². The third-order valence-electron chi connectivity index (χ3n) is 4.92. The fraction of sp³-hybridized carbons (Fsp3) is 0.474. The Morgan fingerprint density at radius 2 is 1.81 bits per heavy atom. The monoisotopic (exact) mass is 296 g/mol. The topological polar surface area (TPSA) is 12.0 Å². The first-order valence-corrected chi connectivity index (χ1v) is 10.7. The second-order valence-electron chi connectivity index (χ2n) is 6.66. The van der Waals surface area contributed by atoms with Gasteiger partial charge in [0.25, 0.3) is 0 Å². The molecule has 1 fully saturated rings. The van der Waals surface area contributed by atoms with E-state index in [1.165, 1.54) is 36.8 Å². The number of dihydropyridines is 1. The molecule has 1 saturated carbocycles. The van der Waals surface area contributed by atoms with Crippen LogP contribution < -0.4 is 5.32 Å². The molecule has 2 heteroatoms. The molecule has 111 valence electrons.